The molecule has 0 aliphatic carbocycles. The van der Waals surface area contributed by atoms with Gasteiger partial charge in [-0.1, -0.05) is 11.6 Å². The first-order valence-corrected chi connectivity index (χ1v) is 5.36. The van der Waals surface area contributed by atoms with Crippen LogP contribution >= 0.6 is 11.6 Å². The van der Waals surface area contributed by atoms with Crippen molar-refractivity contribution in [1.82, 2.24) is 5.32 Å². The fourth-order valence-electron chi connectivity index (χ4n) is 1.25. The second-order valence-electron chi connectivity index (χ2n) is 3.82. The summed E-state index contributed by atoms with van der Waals surface area (Å²) in [7, 11) is 0. The van der Waals surface area contributed by atoms with E-state index in [1.165, 1.54) is 6.92 Å². The number of carbonyl (C=O) groups excluding carboxylic acids is 2. The van der Waals surface area contributed by atoms with Gasteiger partial charge in [-0.15, -0.1) is 0 Å². The molecule has 0 aliphatic rings. The summed E-state index contributed by atoms with van der Waals surface area (Å²) in [5.74, 6) is -0.361. The van der Waals surface area contributed by atoms with Crippen molar-refractivity contribution in [3.8, 4) is 0 Å². The van der Waals surface area contributed by atoms with E-state index in [-0.39, 0.29) is 11.7 Å². The van der Waals surface area contributed by atoms with Crippen LogP contribution in [0.5, 0.6) is 0 Å². The van der Waals surface area contributed by atoms with Gasteiger partial charge in [0.25, 0.3) is 5.91 Å². The number of hydrogen-bond donors (Lipinski definition) is 1. The minimum absolute atomic E-state index is 0.0768. The van der Waals surface area contributed by atoms with Gasteiger partial charge in [-0.2, -0.15) is 0 Å². The zero-order valence-corrected chi connectivity index (χ0v) is 10.3. The first-order chi connectivity index (χ1) is 7.40. The van der Waals surface area contributed by atoms with Gasteiger partial charge in [-0.25, -0.2) is 0 Å². The second kappa shape index (κ2) is 5.12. The molecule has 1 amide bonds. The number of rotatable bonds is 3. The maximum absolute atomic E-state index is 11.7. The van der Waals surface area contributed by atoms with E-state index in [0.29, 0.717) is 10.6 Å². The van der Waals surface area contributed by atoms with Crippen LogP contribution in [-0.2, 0) is 4.79 Å². The van der Waals surface area contributed by atoms with Crippen LogP contribution in [0.25, 0.3) is 0 Å². The third-order valence-corrected chi connectivity index (χ3v) is 2.48. The molecule has 1 unspecified atom stereocenters. The number of benzene rings is 1. The van der Waals surface area contributed by atoms with E-state index in [0.717, 1.165) is 5.56 Å². The molecule has 1 aromatic carbocycles. The summed E-state index contributed by atoms with van der Waals surface area (Å²) in [6.07, 6.45) is 0. The van der Waals surface area contributed by atoms with Crippen molar-refractivity contribution in [3.05, 3.63) is 34.3 Å². The van der Waals surface area contributed by atoms with Crippen molar-refractivity contribution < 1.29 is 9.59 Å². The number of halogens is 1. The lowest BCUT2D eigenvalue weighted by molar-refractivity contribution is -0.118. The quantitative estimate of drug-likeness (QED) is 0.880. The third kappa shape index (κ3) is 3.35. The lowest BCUT2D eigenvalue weighted by atomic mass is 10.1. The van der Waals surface area contributed by atoms with E-state index in [1.807, 2.05) is 6.92 Å². The average molecular weight is 240 g/mol. The van der Waals surface area contributed by atoms with Gasteiger partial charge in [0, 0.05) is 10.6 Å². The predicted molar refractivity (Wildman–Crippen MR) is 63.8 cm³/mol. The Bertz CT molecular complexity index is 409. The lowest BCUT2D eigenvalue weighted by Crippen LogP contribution is -2.37. The summed E-state index contributed by atoms with van der Waals surface area (Å²) in [6.45, 7) is 4.95. The smallest absolute Gasteiger partial charge is 0.251 e. The Morgan fingerprint density at radius 1 is 1.31 bits per heavy atom. The molecule has 0 aromatic heterocycles. The maximum Gasteiger partial charge on any atom is 0.251 e. The lowest BCUT2D eigenvalue weighted by Gasteiger charge is -2.11. The number of hydrogen-bond acceptors (Lipinski definition) is 2. The highest BCUT2D eigenvalue weighted by Gasteiger charge is 2.13. The van der Waals surface area contributed by atoms with E-state index in [1.54, 1.807) is 25.1 Å². The number of nitrogens with one attached hydrogen (secondary N) is 1. The summed E-state index contributed by atoms with van der Waals surface area (Å²) >= 11 is 5.85. The monoisotopic (exact) mass is 239 g/mol. The highest BCUT2D eigenvalue weighted by atomic mass is 35.5. The van der Waals surface area contributed by atoms with Crippen molar-refractivity contribution in [1.29, 1.82) is 0 Å². The summed E-state index contributed by atoms with van der Waals surface area (Å²) in [4.78, 5) is 22.7. The van der Waals surface area contributed by atoms with Gasteiger partial charge in [-0.05, 0) is 44.5 Å². The van der Waals surface area contributed by atoms with Crippen LogP contribution in [0.3, 0.4) is 0 Å². The maximum atomic E-state index is 11.7. The molecule has 1 N–H and O–H groups in total. The van der Waals surface area contributed by atoms with Crippen molar-refractivity contribution in [2.45, 2.75) is 26.8 Å². The van der Waals surface area contributed by atoms with Gasteiger partial charge < -0.3 is 5.32 Å². The SMILES string of the molecule is CC(=O)C(C)NC(=O)c1cc(C)cc(Cl)c1. The molecular formula is C12H14ClNO2. The Labute approximate surface area is 99.8 Å². The molecule has 16 heavy (non-hydrogen) atoms. The molecule has 0 bridgehead atoms. The number of ketones is 1. The topological polar surface area (TPSA) is 46.2 Å². The average Bonchev–Trinajstić information content (AvgIpc) is 2.15. The number of Topliss-reactive ketones (excluding diaryl/α,β-unsaturated/α-hetero) is 1. The standard InChI is InChI=1S/C12H14ClNO2/c1-7-4-10(6-11(13)5-7)12(16)14-8(2)9(3)15/h4-6,8H,1-3H3,(H,14,16). The van der Waals surface area contributed by atoms with Gasteiger partial charge in [0.2, 0.25) is 0 Å². The van der Waals surface area contributed by atoms with E-state index in [2.05, 4.69) is 5.32 Å². The zero-order valence-electron chi connectivity index (χ0n) is 9.50. The van der Waals surface area contributed by atoms with Gasteiger partial charge in [-0.3, -0.25) is 9.59 Å². The predicted octanol–water partition coefficient (Wildman–Crippen LogP) is 2.36. The highest BCUT2D eigenvalue weighted by molar-refractivity contribution is 6.31. The zero-order chi connectivity index (χ0) is 12.3. The molecule has 86 valence electrons. The Kier molecular flexibility index (Phi) is 4.07. The molecular weight excluding hydrogens is 226 g/mol. The number of carbonyl (C=O) groups is 2. The summed E-state index contributed by atoms with van der Waals surface area (Å²) in [6, 6.07) is 4.60. The minimum atomic E-state index is -0.480. The van der Waals surface area contributed by atoms with E-state index >= 15 is 0 Å². The molecule has 4 heteroatoms. The highest BCUT2D eigenvalue weighted by Crippen LogP contribution is 2.14. The number of amides is 1. The Morgan fingerprint density at radius 2 is 1.94 bits per heavy atom. The molecule has 0 fully saturated rings. The molecule has 0 saturated heterocycles. The van der Waals surface area contributed by atoms with Gasteiger partial charge in [0.15, 0.2) is 5.78 Å². The van der Waals surface area contributed by atoms with Crippen LogP contribution < -0.4 is 5.32 Å². The first-order valence-electron chi connectivity index (χ1n) is 4.98. The van der Waals surface area contributed by atoms with Gasteiger partial charge in [0.1, 0.15) is 0 Å². The van der Waals surface area contributed by atoms with Crippen molar-refractivity contribution in [2.24, 2.45) is 0 Å². The van der Waals surface area contributed by atoms with Crippen LogP contribution in [0.1, 0.15) is 29.8 Å². The molecule has 0 radical (unpaired) electrons. The van der Waals surface area contributed by atoms with Crippen LogP contribution in [0, 0.1) is 6.92 Å². The Hall–Kier alpha value is -1.35. The first kappa shape index (κ1) is 12.7. The molecule has 0 saturated carbocycles. The van der Waals surface area contributed by atoms with Crippen molar-refractivity contribution >= 4 is 23.3 Å². The third-order valence-electron chi connectivity index (χ3n) is 2.26. The van der Waals surface area contributed by atoms with Crippen LogP contribution in [-0.4, -0.2) is 17.7 Å². The van der Waals surface area contributed by atoms with E-state index < -0.39 is 6.04 Å². The molecule has 0 aliphatic heterocycles. The Morgan fingerprint density at radius 3 is 2.44 bits per heavy atom. The second-order valence-corrected chi connectivity index (χ2v) is 4.26. The minimum Gasteiger partial charge on any atom is -0.343 e. The van der Waals surface area contributed by atoms with E-state index in [4.69, 9.17) is 11.6 Å². The normalized spacial score (nSPS) is 12.0. The summed E-state index contributed by atoms with van der Waals surface area (Å²) < 4.78 is 0. The van der Waals surface area contributed by atoms with Gasteiger partial charge in [0.05, 0.1) is 6.04 Å². The van der Waals surface area contributed by atoms with Gasteiger partial charge >= 0.3 is 0 Å². The van der Waals surface area contributed by atoms with Crippen LogP contribution in [0.4, 0.5) is 0 Å². The molecule has 1 aromatic rings. The largest absolute Gasteiger partial charge is 0.343 e. The van der Waals surface area contributed by atoms with Crippen LogP contribution in [0.2, 0.25) is 5.02 Å². The number of aryl methyl sites for hydroxylation is 1. The molecule has 1 rings (SSSR count). The van der Waals surface area contributed by atoms with Crippen LogP contribution in [0.15, 0.2) is 18.2 Å². The van der Waals surface area contributed by atoms with Crippen molar-refractivity contribution in [2.75, 3.05) is 0 Å². The molecule has 0 spiro atoms. The van der Waals surface area contributed by atoms with E-state index in [9.17, 15) is 9.59 Å². The molecule has 1 atom stereocenters. The molecule has 3 nitrogen and oxygen atoms in total. The fraction of sp³-hybridized carbons (Fsp3) is 0.333. The van der Waals surface area contributed by atoms with Crippen molar-refractivity contribution in [3.63, 3.8) is 0 Å². The fourth-order valence-corrected chi connectivity index (χ4v) is 1.54. The summed E-state index contributed by atoms with van der Waals surface area (Å²) in [5, 5.41) is 3.12. The summed E-state index contributed by atoms with van der Waals surface area (Å²) in [5.41, 5.74) is 1.38. The Balaban J connectivity index is 2.84. The molecule has 0 heterocycles.